The van der Waals surface area contributed by atoms with Crippen LogP contribution in [0.4, 0.5) is 5.69 Å². The largest absolute Gasteiger partial charge is 0.494 e. The number of benzene rings is 3. The molecule has 1 amide bonds. The molecule has 0 aliphatic carbocycles. The van der Waals surface area contributed by atoms with E-state index in [-0.39, 0.29) is 5.91 Å². The van der Waals surface area contributed by atoms with Crippen molar-refractivity contribution >= 4 is 34.4 Å². The first-order valence-electron chi connectivity index (χ1n) is 9.29. The summed E-state index contributed by atoms with van der Waals surface area (Å²) in [5.74, 6) is 1.10. The summed E-state index contributed by atoms with van der Waals surface area (Å²) >= 11 is 1.50. The van der Waals surface area contributed by atoms with Gasteiger partial charge in [-0.2, -0.15) is 4.80 Å². The predicted molar refractivity (Wildman–Crippen MR) is 116 cm³/mol. The molecule has 1 N–H and O–H groups in total. The lowest BCUT2D eigenvalue weighted by molar-refractivity contribution is -0.113. The quantitative estimate of drug-likeness (QED) is 0.458. The molecule has 0 saturated heterocycles. The molecule has 6 nitrogen and oxygen atoms in total. The Bertz CT molecular complexity index is 1110. The lowest BCUT2D eigenvalue weighted by Gasteiger charge is -2.05. The van der Waals surface area contributed by atoms with E-state index in [1.54, 1.807) is 4.80 Å². The van der Waals surface area contributed by atoms with Crippen LogP contribution in [0.25, 0.3) is 16.7 Å². The number of fused-ring (bicyclic) bond motifs is 1. The first-order chi connectivity index (χ1) is 14.2. The third kappa shape index (κ3) is 4.75. The van der Waals surface area contributed by atoms with Gasteiger partial charge in [0.25, 0.3) is 0 Å². The maximum absolute atomic E-state index is 12.2. The third-order valence-corrected chi connectivity index (χ3v) is 5.17. The number of anilines is 1. The third-order valence-electron chi connectivity index (χ3n) is 4.16. The lowest BCUT2D eigenvalue weighted by atomic mass is 10.3. The van der Waals surface area contributed by atoms with E-state index in [0.29, 0.717) is 23.6 Å². The average molecular weight is 404 g/mol. The molecular weight excluding hydrogens is 384 g/mol. The van der Waals surface area contributed by atoms with Gasteiger partial charge in [0, 0.05) is 10.6 Å². The second-order valence-corrected chi connectivity index (χ2v) is 7.32. The van der Waals surface area contributed by atoms with Crippen molar-refractivity contribution < 1.29 is 9.53 Å². The maximum Gasteiger partial charge on any atom is 0.234 e. The van der Waals surface area contributed by atoms with Crippen LogP contribution in [0, 0.1) is 0 Å². The molecule has 1 heterocycles. The van der Waals surface area contributed by atoms with Crippen molar-refractivity contribution in [3.8, 4) is 11.4 Å². The highest BCUT2D eigenvalue weighted by atomic mass is 32.2. The fourth-order valence-corrected chi connectivity index (χ4v) is 3.53. The normalized spacial score (nSPS) is 10.8. The molecule has 0 unspecified atom stereocenters. The SMILES string of the molecule is CCOc1ccc(-n2nc3ccc(NC(=O)CSc4ccccc4)cc3n2)cc1. The number of nitrogens with zero attached hydrogens (tertiary/aromatic N) is 3. The van der Waals surface area contributed by atoms with Crippen molar-refractivity contribution in [2.75, 3.05) is 17.7 Å². The van der Waals surface area contributed by atoms with Gasteiger partial charge in [0.05, 0.1) is 18.0 Å². The van der Waals surface area contributed by atoms with E-state index in [0.717, 1.165) is 21.8 Å². The Morgan fingerprint density at radius 1 is 1.00 bits per heavy atom. The monoisotopic (exact) mass is 404 g/mol. The van der Waals surface area contributed by atoms with E-state index in [1.165, 1.54) is 11.8 Å². The van der Waals surface area contributed by atoms with Crippen LogP contribution < -0.4 is 10.1 Å². The van der Waals surface area contributed by atoms with E-state index in [2.05, 4.69) is 15.5 Å². The number of rotatable bonds is 7. The lowest BCUT2D eigenvalue weighted by Crippen LogP contribution is -2.13. The number of thioether (sulfide) groups is 1. The van der Waals surface area contributed by atoms with Gasteiger partial charge >= 0.3 is 0 Å². The van der Waals surface area contributed by atoms with Gasteiger partial charge in [-0.1, -0.05) is 18.2 Å². The zero-order valence-corrected chi connectivity index (χ0v) is 16.7. The van der Waals surface area contributed by atoms with E-state index in [9.17, 15) is 4.79 Å². The molecule has 0 aliphatic heterocycles. The van der Waals surface area contributed by atoms with Crippen LogP contribution >= 0.6 is 11.8 Å². The Kier molecular flexibility index (Phi) is 5.76. The van der Waals surface area contributed by atoms with Gasteiger partial charge in [0.2, 0.25) is 5.91 Å². The summed E-state index contributed by atoms with van der Waals surface area (Å²) < 4.78 is 5.46. The molecule has 0 radical (unpaired) electrons. The molecule has 3 aromatic carbocycles. The number of carbonyl (C=O) groups excluding carboxylic acids is 1. The number of amides is 1. The van der Waals surface area contributed by atoms with Crippen LogP contribution in [0.2, 0.25) is 0 Å². The second-order valence-electron chi connectivity index (χ2n) is 6.27. The molecule has 0 atom stereocenters. The number of nitrogens with one attached hydrogen (secondary N) is 1. The zero-order chi connectivity index (χ0) is 20.1. The van der Waals surface area contributed by atoms with Gasteiger partial charge in [-0.3, -0.25) is 4.79 Å². The van der Waals surface area contributed by atoms with E-state index >= 15 is 0 Å². The highest BCUT2D eigenvalue weighted by Gasteiger charge is 2.08. The first-order valence-corrected chi connectivity index (χ1v) is 10.3. The topological polar surface area (TPSA) is 69.0 Å². The molecule has 4 rings (SSSR count). The zero-order valence-electron chi connectivity index (χ0n) is 15.9. The number of ether oxygens (including phenoxy) is 1. The molecule has 7 heteroatoms. The Hall–Kier alpha value is -3.32. The number of carbonyl (C=O) groups is 1. The highest BCUT2D eigenvalue weighted by molar-refractivity contribution is 8.00. The summed E-state index contributed by atoms with van der Waals surface area (Å²) in [5, 5.41) is 12.0. The Morgan fingerprint density at radius 2 is 1.76 bits per heavy atom. The van der Waals surface area contributed by atoms with Crippen LogP contribution in [0.1, 0.15) is 6.92 Å². The summed E-state index contributed by atoms with van der Waals surface area (Å²) in [4.78, 5) is 14.9. The second kappa shape index (κ2) is 8.79. The highest BCUT2D eigenvalue weighted by Crippen LogP contribution is 2.21. The number of hydrogen-bond acceptors (Lipinski definition) is 5. The first kappa shape index (κ1) is 19.0. The molecule has 4 aromatic rings. The van der Waals surface area contributed by atoms with E-state index in [4.69, 9.17) is 4.74 Å². The van der Waals surface area contributed by atoms with Gasteiger partial charge in [-0.15, -0.1) is 22.0 Å². The molecule has 0 aliphatic rings. The van der Waals surface area contributed by atoms with Crippen molar-refractivity contribution in [2.45, 2.75) is 11.8 Å². The Labute approximate surface area is 172 Å². The summed E-state index contributed by atoms with van der Waals surface area (Å²) in [5.41, 5.74) is 3.02. The molecular formula is C22H20N4O2S. The molecule has 0 spiro atoms. The van der Waals surface area contributed by atoms with Crippen molar-refractivity contribution in [3.63, 3.8) is 0 Å². The van der Waals surface area contributed by atoms with Gasteiger partial charge in [-0.05, 0) is 61.5 Å². The Balaban J connectivity index is 1.44. The minimum Gasteiger partial charge on any atom is -0.494 e. The smallest absolute Gasteiger partial charge is 0.234 e. The molecule has 146 valence electrons. The van der Waals surface area contributed by atoms with Crippen LogP contribution in [0.3, 0.4) is 0 Å². The van der Waals surface area contributed by atoms with Crippen molar-refractivity contribution in [1.29, 1.82) is 0 Å². The van der Waals surface area contributed by atoms with E-state index < -0.39 is 0 Å². The summed E-state index contributed by atoms with van der Waals surface area (Å²) in [6, 6.07) is 23.0. The number of hydrogen-bond donors (Lipinski definition) is 1. The minimum absolute atomic E-state index is 0.0582. The van der Waals surface area contributed by atoms with Crippen LogP contribution in [-0.4, -0.2) is 33.3 Å². The standard InChI is InChI=1S/C22H20N4O2S/c1-2-28-18-11-9-17(10-12-18)26-24-20-13-8-16(14-21(20)25-26)23-22(27)15-29-19-6-4-3-5-7-19/h3-14H,2,15H2,1H3,(H,23,27). The van der Waals surface area contributed by atoms with Gasteiger partial charge in [0.1, 0.15) is 16.8 Å². The van der Waals surface area contributed by atoms with Crippen molar-refractivity contribution in [3.05, 3.63) is 72.8 Å². The molecule has 0 fully saturated rings. The molecule has 1 aromatic heterocycles. The van der Waals surface area contributed by atoms with Crippen LogP contribution in [0.15, 0.2) is 77.7 Å². The van der Waals surface area contributed by atoms with Crippen LogP contribution in [0.5, 0.6) is 5.75 Å². The summed E-state index contributed by atoms with van der Waals surface area (Å²) in [7, 11) is 0. The van der Waals surface area contributed by atoms with E-state index in [1.807, 2.05) is 79.7 Å². The maximum atomic E-state index is 12.2. The van der Waals surface area contributed by atoms with Gasteiger partial charge in [-0.25, -0.2) is 0 Å². The molecule has 29 heavy (non-hydrogen) atoms. The van der Waals surface area contributed by atoms with Gasteiger partial charge in [0.15, 0.2) is 0 Å². The summed E-state index contributed by atoms with van der Waals surface area (Å²) in [6.07, 6.45) is 0. The Morgan fingerprint density at radius 3 is 2.52 bits per heavy atom. The molecule has 0 saturated carbocycles. The average Bonchev–Trinajstić information content (AvgIpc) is 3.17. The fraction of sp³-hybridized carbons (Fsp3) is 0.136. The van der Waals surface area contributed by atoms with Crippen molar-refractivity contribution in [1.82, 2.24) is 15.0 Å². The van der Waals surface area contributed by atoms with Crippen LogP contribution in [-0.2, 0) is 4.79 Å². The predicted octanol–water partition coefficient (Wildman–Crippen LogP) is 4.55. The number of aromatic nitrogens is 3. The fourth-order valence-electron chi connectivity index (χ4n) is 2.81. The van der Waals surface area contributed by atoms with Crippen molar-refractivity contribution in [2.24, 2.45) is 0 Å². The van der Waals surface area contributed by atoms with Gasteiger partial charge < -0.3 is 10.1 Å². The molecule has 0 bridgehead atoms. The minimum atomic E-state index is -0.0582. The summed E-state index contributed by atoms with van der Waals surface area (Å²) in [6.45, 7) is 2.58.